The van der Waals surface area contributed by atoms with Crippen molar-refractivity contribution in [1.82, 2.24) is 10.3 Å². The molecule has 1 amide bonds. The number of carbonyl (C=O) groups is 1. The zero-order valence-corrected chi connectivity index (χ0v) is 15.1. The van der Waals surface area contributed by atoms with Gasteiger partial charge in [-0.25, -0.2) is 8.42 Å². The normalized spacial score (nSPS) is 11.3. The lowest BCUT2D eigenvalue weighted by atomic mass is 10.2. The summed E-state index contributed by atoms with van der Waals surface area (Å²) >= 11 is 0. The fourth-order valence-electron chi connectivity index (χ4n) is 2.01. The molecule has 2 aromatic carbocycles. The molecular weight excluding hydrogens is 374 g/mol. The van der Waals surface area contributed by atoms with Crippen LogP contribution in [0.15, 0.2) is 59.5 Å². The fourth-order valence-corrected chi connectivity index (χ4v) is 2.86. The summed E-state index contributed by atoms with van der Waals surface area (Å²) in [5.74, 6) is -0.212. The first-order chi connectivity index (χ1) is 12.8. The van der Waals surface area contributed by atoms with Gasteiger partial charge in [0.2, 0.25) is 0 Å². The quantitative estimate of drug-likeness (QED) is 0.402. The first-order valence-corrected chi connectivity index (χ1v) is 9.27. The van der Waals surface area contributed by atoms with Crippen molar-refractivity contribution >= 4 is 27.7 Å². The Morgan fingerprint density at radius 3 is 2.56 bits per heavy atom. The minimum atomic E-state index is -3.95. The number of hydrogen-bond donors (Lipinski definition) is 2. The molecule has 0 heterocycles. The van der Waals surface area contributed by atoms with Crippen LogP contribution in [0.4, 0.5) is 5.69 Å². The Morgan fingerprint density at radius 2 is 1.93 bits per heavy atom. The van der Waals surface area contributed by atoms with Crippen LogP contribution in [0.2, 0.25) is 0 Å². The van der Waals surface area contributed by atoms with Gasteiger partial charge < -0.3 is 4.74 Å². The topological polar surface area (TPSA) is 128 Å². The molecule has 0 fully saturated rings. The summed E-state index contributed by atoms with van der Waals surface area (Å²) in [5, 5.41) is 10.7. The molecule has 0 aliphatic carbocycles. The highest BCUT2D eigenvalue weighted by atomic mass is 32.2. The number of carbonyl (C=O) groups excluding carboxylic acids is 1. The van der Waals surface area contributed by atoms with Crippen LogP contribution in [0.3, 0.4) is 0 Å². The van der Waals surface area contributed by atoms with Crippen LogP contribution in [-0.2, 0) is 14.8 Å². The van der Waals surface area contributed by atoms with E-state index in [1.165, 1.54) is 48.5 Å². The number of hydrazine groups is 1. The average Bonchev–Trinajstić information content (AvgIpc) is 2.66. The molecule has 2 N–H and O–H groups in total. The van der Waals surface area contributed by atoms with E-state index in [9.17, 15) is 23.3 Å². The SMILES string of the molecule is CCOc1ccc(S(=O)(=O)NNC(=O)/C=C/c2cccc([N+](=O)[O-])c2)cc1. The molecule has 10 heteroatoms. The third kappa shape index (κ3) is 5.90. The van der Waals surface area contributed by atoms with Crippen LogP contribution in [0.1, 0.15) is 12.5 Å². The predicted molar refractivity (Wildman–Crippen MR) is 98.2 cm³/mol. The highest BCUT2D eigenvalue weighted by molar-refractivity contribution is 7.89. The number of non-ortho nitro benzene ring substituents is 1. The van der Waals surface area contributed by atoms with Crippen molar-refractivity contribution in [3.8, 4) is 5.75 Å². The first-order valence-electron chi connectivity index (χ1n) is 7.79. The lowest BCUT2D eigenvalue weighted by molar-refractivity contribution is -0.384. The zero-order valence-electron chi connectivity index (χ0n) is 14.3. The Bertz CT molecular complexity index is 955. The summed E-state index contributed by atoms with van der Waals surface area (Å²) in [6, 6.07) is 11.3. The number of hydrogen-bond acceptors (Lipinski definition) is 6. The summed E-state index contributed by atoms with van der Waals surface area (Å²) in [4.78, 5) is 23.9. The summed E-state index contributed by atoms with van der Waals surface area (Å²) in [6.07, 6.45) is 2.38. The Hall–Kier alpha value is -3.24. The number of nitro groups is 1. The molecule has 0 spiro atoms. The number of sulfonamides is 1. The van der Waals surface area contributed by atoms with E-state index in [1.807, 2.05) is 17.2 Å². The van der Waals surface area contributed by atoms with Gasteiger partial charge in [0, 0.05) is 18.2 Å². The molecular formula is C17H17N3O6S. The molecule has 9 nitrogen and oxygen atoms in total. The zero-order chi connectivity index (χ0) is 19.9. The van der Waals surface area contributed by atoms with Gasteiger partial charge in [-0.1, -0.05) is 12.1 Å². The van der Waals surface area contributed by atoms with E-state index in [2.05, 4.69) is 0 Å². The average molecular weight is 391 g/mol. The van der Waals surface area contributed by atoms with Gasteiger partial charge in [0.25, 0.3) is 21.6 Å². The smallest absolute Gasteiger partial charge is 0.270 e. The molecule has 0 saturated carbocycles. The van der Waals surface area contributed by atoms with E-state index < -0.39 is 20.9 Å². The number of nitrogens with one attached hydrogen (secondary N) is 2. The van der Waals surface area contributed by atoms with Gasteiger partial charge in [-0.3, -0.25) is 20.3 Å². The van der Waals surface area contributed by atoms with Crippen molar-refractivity contribution in [3.63, 3.8) is 0 Å². The molecule has 2 aromatic rings. The van der Waals surface area contributed by atoms with E-state index in [4.69, 9.17) is 4.74 Å². The van der Waals surface area contributed by atoms with Gasteiger partial charge in [0.05, 0.1) is 16.4 Å². The molecule has 0 aliphatic heterocycles. The summed E-state index contributed by atoms with van der Waals surface area (Å²) in [7, 11) is -3.95. The van der Waals surface area contributed by atoms with E-state index in [0.717, 1.165) is 6.08 Å². The predicted octanol–water partition coefficient (Wildman–Crippen LogP) is 2.02. The highest BCUT2D eigenvalue weighted by Gasteiger charge is 2.14. The standard InChI is InChI=1S/C17H17N3O6S/c1-2-26-15-7-9-16(10-8-15)27(24,25)19-18-17(21)11-6-13-4-3-5-14(12-13)20(22)23/h3-12,19H,2H2,1H3,(H,18,21)/b11-6+. The molecule has 0 atom stereocenters. The molecule has 0 aliphatic rings. The Morgan fingerprint density at radius 1 is 1.22 bits per heavy atom. The third-order valence-electron chi connectivity index (χ3n) is 3.26. The molecule has 142 valence electrons. The van der Waals surface area contributed by atoms with Crippen molar-refractivity contribution in [3.05, 3.63) is 70.3 Å². The number of amides is 1. The highest BCUT2D eigenvalue weighted by Crippen LogP contribution is 2.16. The van der Waals surface area contributed by atoms with Crippen molar-refractivity contribution in [1.29, 1.82) is 0 Å². The molecule has 0 bridgehead atoms. The van der Waals surface area contributed by atoms with Crippen molar-refractivity contribution < 1.29 is 22.9 Å². The Kier molecular flexibility index (Phi) is 6.63. The second-order valence-electron chi connectivity index (χ2n) is 5.18. The molecule has 0 unspecified atom stereocenters. The number of nitro benzene ring substituents is 1. The van der Waals surface area contributed by atoms with E-state index in [1.54, 1.807) is 6.07 Å². The maximum Gasteiger partial charge on any atom is 0.270 e. The number of benzene rings is 2. The molecule has 0 saturated heterocycles. The minimum absolute atomic E-state index is 0.0473. The van der Waals surface area contributed by atoms with Crippen molar-refractivity contribution in [2.24, 2.45) is 0 Å². The lowest BCUT2D eigenvalue weighted by Crippen LogP contribution is -2.40. The van der Waals surface area contributed by atoms with Gasteiger partial charge in [-0.15, -0.1) is 4.83 Å². The second kappa shape index (κ2) is 8.92. The van der Waals surface area contributed by atoms with Crippen LogP contribution in [0.25, 0.3) is 6.08 Å². The largest absolute Gasteiger partial charge is 0.494 e. The number of ether oxygens (including phenoxy) is 1. The van der Waals surface area contributed by atoms with Crippen molar-refractivity contribution in [2.75, 3.05) is 6.61 Å². The molecule has 27 heavy (non-hydrogen) atoms. The van der Waals surface area contributed by atoms with E-state index in [0.29, 0.717) is 17.9 Å². The summed E-state index contributed by atoms with van der Waals surface area (Å²) in [6.45, 7) is 2.26. The van der Waals surface area contributed by atoms with Gasteiger partial charge in [0.1, 0.15) is 5.75 Å². The van der Waals surface area contributed by atoms with E-state index in [-0.39, 0.29) is 10.6 Å². The van der Waals surface area contributed by atoms with Crippen LogP contribution < -0.4 is 15.0 Å². The van der Waals surface area contributed by atoms with Crippen LogP contribution >= 0.6 is 0 Å². The maximum absolute atomic E-state index is 12.1. The lowest BCUT2D eigenvalue weighted by Gasteiger charge is -2.08. The third-order valence-corrected chi connectivity index (χ3v) is 4.53. The summed E-state index contributed by atoms with van der Waals surface area (Å²) in [5.41, 5.74) is 2.35. The van der Waals surface area contributed by atoms with Crippen molar-refractivity contribution in [2.45, 2.75) is 11.8 Å². The Labute approximate surface area is 155 Å². The number of rotatable bonds is 8. The van der Waals surface area contributed by atoms with Crippen LogP contribution in [0, 0.1) is 10.1 Å². The van der Waals surface area contributed by atoms with Gasteiger partial charge in [0.15, 0.2) is 0 Å². The summed E-state index contributed by atoms with van der Waals surface area (Å²) < 4.78 is 29.5. The molecule has 0 aromatic heterocycles. The van der Waals surface area contributed by atoms with Gasteiger partial charge in [-0.2, -0.15) is 0 Å². The van der Waals surface area contributed by atoms with Gasteiger partial charge >= 0.3 is 0 Å². The van der Waals surface area contributed by atoms with E-state index >= 15 is 0 Å². The Balaban J connectivity index is 1.97. The molecule has 0 radical (unpaired) electrons. The fraction of sp³-hybridized carbons (Fsp3) is 0.118. The van der Waals surface area contributed by atoms with Gasteiger partial charge in [-0.05, 0) is 42.8 Å². The first kappa shape index (κ1) is 20.1. The number of nitrogens with zero attached hydrogens (tertiary/aromatic N) is 1. The van der Waals surface area contributed by atoms with Crippen LogP contribution in [0.5, 0.6) is 5.75 Å². The maximum atomic E-state index is 12.1. The minimum Gasteiger partial charge on any atom is -0.494 e. The monoisotopic (exact) mass is 391 g/mol. The van der Waals surface area contributed by atoms with Crippen LogP contribution in [-0.4, -0.2) is 25.9 Å². The molecule has 2 rings (SSSR count). The second-order valence-corrected chi connectivity index (χ2v) is 6.87.